The largest absolute Gasteiger partial charge is 0.349 e. The van der Waals surface area contributed by atoms with Gasteiger partial charge in [0.15, 0.2) is 0 Å². The van der Waals surface area contributed by atoms with Gasteiger partial charge >= 0.3 is 0 Å². The van der Waals surface area contributed by atoms with Crippen LogP contribution in [0.25, 0.3) is 0 Å². The highest BCUT2D eigenvalue weighted by atomic mass is 32.2. The lowest BCUT2D eigenvalue weighted by atomic mass is 10.1. The van der Waals surface area contributed by atoms with Gasteiger partial charge in [0.25, 0.3) is 11.8 Å². The fourth-order valence-corrected chi connectivity index (χ4v) is 3.97. The van der Waals surface area contributed by atoms with E-state index >= 15 is 0 Å². The average Bonchev–Trinajstić information content (AvgIpc) is 3.58. The second-order valence-corrected chi connectivity index (χ2v) is 8.07. The molecule has 30 heavy (non-hydrogen) atoms. The van der Waals surface area contributed by atoms with Crippen LogP contribution >= 0.6 is 11.8 Å². The number of amides is 2. The van der Waals surface area contributed by atoms with Crippen LogP contribution in [0.5, 0.6) is 0 Å². The number of nitrogens with one attached hydrogen (secondary N) is 2. The second-order valence-electron chi connectivity index (χ2n) is 6.99. The van der Waals surface area contributed by atoms with Gasteiger partial charge in [-0.15, -0.1) is 0 Å². The number of anilines is 1. The van der Waals surface area contributed by atoms with Crippen LogP contribution in [0.3, 0.4) is 0 Å². The Bertz CT molecular complexity index is 1150. The topological polar surface area (TPSA) is 82.0 Å². The summed E-state index contributed by atoms with van der Waals surface area (Å²) < 4.78 is 0. The van der Waals surface area contributed by atoms with E-state index in [0.717, 1.165) is 22.6 Å². The molecule has 0 radical (unpaired) electrons. The molecule has 5 nitrogen and oxygen atoms in total. The summed E-state index contributed by atoms with van der Waals surface area (Å²) in [6.07, 6.45) is 2.04. The van der Waals surface area contributed by atoms with Gasteiger partial charge < -0.3 is 10.6 Å². The van der Waals surface area contributed by atoms with Crippen molar-refractivity contribution in [1.29, 1.82) is 5.26 Å². The Kier molecular flexibility index (Phi) is 5.82. The first-order valence-electron chi connectivity index (χ1n) is 9.62. The minimum Gasteiger partial charge on any atom is -0.349 e. The third-order valence-electron chi connectivity index (χ3n) is 4.65. The van der Waals surface area contributed by atoms with Gasteiger partial charge in [-0.3, -0.25) is 9.59 Å². The number of carbonyl (C=O) groups is 2. The van der Waals surface area contributed by atoms with E-state index in [4.69, 9.17) is 0 Å². The van der Waals surface area contributed by atoms with Gasteiger partial charge in [0.2, 0.25) is 0 Å². The van der Waals surface area contributed by atoms with E-state index in [2.05, 4.69) is 16.7 Å². The fraction of sp³-hybridized carbons (Fsp3) is 0.125. The lowest BCUT2D eigenvalue weighted by Gasteiger charge is -2.11. The van der Waals surface area contributed by atoms with Crippen LogP contribution in [-0.4, -0.2) is 17.9 Å². The molecule has 0 atom stereocenters. The molecular formula is C24H19N3O2S. The smallest absolute Gasteiger partial charge is 0.256 e. The fourth-order valence-electron chi connectivity index (χ4n) is 2.94. The zero-order valence-electron chi connectivity index (χ0n) is 16.1. The number of hydrogen-bond donors (Lipinski definition) is 2. The molecule has 0 saturated heterocycles. The average molecular weight is 414 g/mol. The first kappa shape index (κ1) is 19.7. The monoisotopic (exact) mass is 413 g/mol. The predicted molar refractivity (Wildman–Crippen MR) is 117 cm³/mol. The van der Waals surface area contributed by atoms with Gasteiger partial charge in [-0.1, -0.05) is 42.1 Å². The molecule has 6 heteroatoms. The Labute approximate surface area is 179 Å². The standard InChI is InChI=1S/C24H19N3O2S/c25-15-17-6-1-3-10-21(17)30-22-11-4-2-9-20(22)24(29)27-19-8-5-7-16(14-19)23(28)26-18-12-13-18/h1-11,14,18H,12-13H2,(H,26,28)(H,27,29). The van der Waals surface area contributed by atoms with Crippen molar-refractivity contribution in [3.05, 3.63) is 89.5 Å². The number of benzene rings is 3. The maximum Gasteiger partial charge on any atom is 0.256 e. The lowest BCUT2D eigenvalue weighted by Crippen LogP contribution is -2.25. The summed E-state index contributed by atoms with van der Waals surface area (Å²) in [6, 6.07) is 23.9. The third-order valence-corrected chi connectivity index (χ3v) is 5.81. The summed E-state index contributed by atoms with van der Waals surface area (Å²) in [6.45, 7) is 0. The van der Waals surface area contributed by atoms with Crippen molar-refractivity contribution in [1.82, 2.24) is 5.32 Å². The molecule has 3 aromatic carbocycles. The molecule has 2 N–H and O–H groups in total. The van der Waals surface area contributed by atoms with Crippen molar-refractivity contribution in [2.45, 2.75) is 28.7 Å². The molecule has 3 aromatic rings. The molecular weight excluding hydrogens is 394 g/mol. The van der Waals surface area contributed by atoms with Crippen LogP contribution < -0.4 is 10.6 Å². The maximum atomic E-state index is 13.0. The molecule has 0 aliphatic heterocycles. The minimum atomic E-state index is -0.271. The van der Waals surface area contributed by atoms with Crippen molar-refractivity contribution in [2.75, 3.05) is 5.32 Å². The molecule has 1 saturated carbocycles. The summed E-state index contributed by atoms with van der Waals surface area (Å²) in [5, 5.41) is 15.2. The van der Waals surface area contributed by atoms with E-state index in [1.165, 1.54) is 11.8 Å². The Morgan fingerprint density at radius 2 is 1.63 bits per heavy atom. The van der Waals surface area contributed by atoms with Gasteiger partial charge in [-0.2, -0.15) is 5.26 Å². The Morgan fingerprint density at radius 1 is 0.900 bits per heavy atom. The Balaban J connectivity index is 1.53. The highest BCUT2D eigenvalue weighted by molar-refractivity contribution is 7.99. The Hall–Kier alpha value is -3.56. The highest BCUT2D eigenvalue weighted by Gasteiger charge is 2.24. The second kappa shape index (κ2) is 8.85. The number of hydrogen-bond acceptors (Lipinski definition) is 4. The van der Waals surface area contributed by atoms with Crippen molar-refractivity contribution in [3.63, 3.8) is 0 Å². The third kappa shape index (κ3) is 4.70. The molecule has 148 valence electrons. The van der Waals surface area contributed by atoms with E-state index in [-0.39, 0.29) is 17.9 Å². The first-order chi connectivity index (χ1) is 14.6. The number of nitrogens with zero attached hydrogens (tertiary/aromatic N) is 1. The molecule has 2 amide bonds. The molecule has 4 rings (SSSR count). The number of nitriles is 1. The van der Waals surface area contributed by atoms with E-state index < -0.39 is 0 Å². The van der Waals surface area contributed by atoms with Gasteiger partial charge in [-0.25, -0.2) is 0 Å². The van der Waals surface area contributed by atoms with Crippen LogP contribution in [0.15, 0.2) is 82.6 Å². The van der Waals surface area contributed by atoms with Gasteiger partial charge in [0, 0.05) is 27.1 Å². The van der Waals surface area contributed by atoms with Crippen LogP contribution in [0.1, 0.15) is 39.1 Å². The number of carbonyl (C=O) groups excluding carboxylic acids is 2. The zero-order valence-corrected chi connectivity index (χ0v) is 16.9. The molecule has 0 heterocycles. The molecule has 0 aromatic heterocycles. The maximum absolute atomic E-state index is 13.0. The van der Waals surface area contributed by atoms with Gasteiger partial charge in [-0.05, 0) is 55.3 Å². The SMILES string of the molecule is N#Cc1ccccc1Sc1ccccc1C(=O)Nc1cccc(C(=O)NC2CC2)c1. The molecule has 1 aliphatic rings. The molecule has 1 aliphatic carbocycles. The predicted octanol–water partition coefficient (Wildman–Crippen LogP) is 4.85. The van der Waals surface area contributed by atoms with E-state index in [1.54, 1.807) is 42.5 Å². The molecule has 1 fully saturated rings. The lowest BCUT2D eigenvalue weighted by molar-refractivity contribution is 0.0949. The van der Waals surface area contributed by atoms with E-state index in [9.17, 15) is 14.9 Å². The molecule has 0 spiro atoms. The minimum absolute atomic E-state index is 0.127. The highest BCUT2D eigenvalue weighted by Crippen LogP contribution is 2.33. The van der Waals surface area contributed by atoms with Crippen LogP contribution in [0, 0.1) is 11.3 Å². The van der Waals surface area contributed by atoms with Crippen molar-refractivity contribution >= 4 is 29.3 Å². The van der Waals surface area contributed by atoms with Crippen molar-refractivity contribution < 1.29 is 9.59 Å². The summed E-state index contributed by atoms with van der Waals surface area (Å²) >= 11 is 1.38. The van der Waals surface area contributed by atoms with Gasteiger partial charge in [0.05, 0.1) is 11.1 Å². The summed E-state index contributed by atoms with van der Waals surface area (Å²) in [4.78, 5) is 26.8. The molecule has 0 unspecified atom stereocenters. The van der Waals surface area contributed by atoms with E-state index in [1.807, 2.05) is 30.3 Å². The summed E-state index contributed by atoms with van der Waals surface area (Å²) in [5.41, 5.74) is 2.14. The van der Waals surface area contributed by atoms with Crippen LogP contribution in [0.2, 0.25) is 0 Å². The van der Waals surface area contributed by atoms with Gasteiger partial charge in [0.1, 0.15) is 6.07 Å². The van der Waals surface area contributed by atoms with Crippen molar-refractivity contribution in [3.8, 4) is 6.07 Å². The summed E-state index contributed by atoms with van der Waals surface area (Å²) in [5.74, 6) is -0.398. The number of rotatable bonds is 6. The van der Waals surface area contributed by atoms with E-state index in [0.29, 0.717) is 22.4 Å². The normalized spacial score (nSPS) is 12.6. The quantitative estimate of drug-likeness (QED) is 0.605. The Morgan fingerprint density at radius 3 is 2.40 bits per heavy atom. The van der Waals surface area contributed by atoms with Crippen molar-refractivity contribution in [2.24, 2.45) is 0 Å². The summed E-state index contributed by atoms with van der Waals surface area (Å²) in [7, 11) is 0. The molecule has 0 bridgehead atoms. The van der Waals surface area contributed by atoms with Crippen LogP contribution in [-0.2, 0) is 0 Å². The first-order valence-corrected chi connectivity index (χ1v) is 10.4. The van der Waals surface area contributed by atoms with Crippen LogP contribution in [0.4, 0.5) is 5.69 Å². The zero-order chi connectivity index (χ0) is 20.9.